The predicted molar refractivity (Wildman–Crippen MR) is 78.6 cm³/mol. The molecule has 1 aliphatic heterocycles. The summed E-state index contributed by atoms with van der Waals surface area (Å²) in [5.74, 6) is -1.10. The minimum absolute atomic E-state index is 0.0190. The van der Waals surface area contributed by atoms with Crippen LogP contribution in [0.25, 0.3) is 0 Å². The van der Waals surface area contributed by atoms with E-state index < -0.39 is 30.4 Å². The lowest BCUT2D eigenvalue weighted by Gasteiger charge is -2.12. The molecule has 12 heteroatoms. The summed E-state index contributed by atoms with van der Waals surface area (Å²) in [6.45, 7) is -0.601. The fourth-order valence-corrected chi connectivity index (χ4v) is 2.33. The zero-order valence-electron chi connectivity index (χ0n) is 13.5. The van der Waals surface area contributed by atoms with Gasteiger partial charge in [0.1, 0.15) is 24.3 Å². The number of aromatic nitrogens is 2. The summed E-state index contributed by atoms with van der Waals surface area (Å²) in [7, 11) is 0. The zero-order chi connectivity index (χ0) is 19.6. The van der Waals surface area contributed by atoms with Crippen LogP contribution in [0.4, 0.5) is 17.6 Å². The highest BCUT2D eigenvalue weighted by atomic mass is 19.4. The first kappa shape index (κ1) is 18.9. The van der Waals surface area contributed by atoms with Crippen LogP contribution < -0.4 is 9.47 Å². The van der Waals surface area contributed by atoms with Crippen molar-refractivity contribution in [1.29, 1.82) is 0 Å². The molecule has 0 unspecified atom stereocenters. The van der Waals surface area contributed by atoms with Crippen LogP contribution in [-0.2, 0) is 6.61 Å². The van der Waals surface area contributed by atoms with Gasteiger partial charge in [0, 0.05) is 6.07 Å². The average Bonchev–Trinajstić information content (AvgIpc) is 3.19. The summed E-state index contributed by atoms with van der Waals surface area (Å²) >= 11 is 0. The quantitative estimate of drug-likeness (QED) is 0.775. The first-order valence-electron chi connectivity index (χ1n) is 7.61. The van der Waals surface area contributed by atoms with Gasteiger partial charge in [0.25, 0.3) is 5.91 Å². The van der Waals surface area contributed by atoms with Crippen molar-refractivity contribution in [1.82, 2.24) is 14.9 Å². The molecule has 0 radical (unpaired) electrons. The van der Waals surface area contributed by atoms with Crippen LogP contribution in [0.15, 0.2) is 29.0 Å². The monoisotopic (exact) mass is 391 g/mol. The van der Waals surface area contributed by atoms with Crippen LogP contribution in [-0.4, -0.2) is 57.6 Å². The molecule has 0 aromatic carbocycles. The Balaban J connectivity index is 1.54. The number of oxazole rings is 1. The molecule has 1 fully saturated rings. The molecule has 3 heterocycles. The van der Waals surface area contributed by atoms with Crippen LogP contribution in [0.5, 0.6) is 11.6 Å². The van der Waals surface area contributed by atoms with Crippen molar-refractivity contribution in [3.63, 3.8) is 0 Å². The lowest BCUT2D eigenvalue weighted by Crippen LogP contribution is -2.29. The number of aliphatic hydroxyl groups is 1. The molecule has 146 valence electrons. The number of aliphatic hydroxyl groups excluding tert-OH is 1. The number of carbonyl (C=O) groups excluding carboxylic acids is 1. The number of ether oxygens (including phenoxy) is 2. The van der Waals surface area contributed by atoms with Crippen molar-refractivity contribution in [2.75, 3.05) is 13.1 Å². The summed E-state index contributed by atoms with van der Waals surface area (Å²) < 4.78 is 63.4. The molecule has 0 aliphatic carbocycles. The van der Waals surface area contributed by atoms with Gasteiger partial charge in [-0.05, 0) is 6.07 Å². The fourth-order valence-electron chi connectivity index (χ4n) is 2.33. The highest BCUT2D eigenvalue weighted by molar-refractivity contribution is 5.92. The second-order valence-corrected chi connectivity index (χ2v) is 5.59. The maximum absolute atomic E-state index is 13.3. The number of β-amino-alcohol motifs (C(OH)–C–C–N with tert-alkyl or cyclic N) is 1. The summed E-state index contributed by atoms with van der Waals surface area (Å²) in [6.07, 6.45) is -5.51. The van der Waals surface area contributed by atoms with Gasteiger partial charge in [-0.3, -0.25) is 4.79 Å². The standard InChI is InChI=1S/C15H13F4N3O5/c16-9-4-22(5-11(9)23)14(24)10-6-26-13(21-10)7-25-8-1-2-12(20-3-8)27-15(17,18)19/h1-3,6,9,11,23H,4-5,7H2/t9-,11-/m1/s1. The number of rotatable bonds is 5. The van der Waals surface area contributed by atoms with Crippen molar-refractivity contribution in [3.05, 3.63) is 36.2 Å². The van der Waals surface area contributed by atoms with E-state index >= 15 is 0 Å². The second kappa shape index (κ2) is 7.39. The van der Waals surface area contributed by atoms with Gasteiger partial charge in [0.05, 0.1) is 19.3 Å². The Morgan fingerprint density at radius 3 is 2.74 bits per heavy atom. The van der Waals surface area contributed by atoms with Gasteiger partial charge >= 0.3 is 6.36 Å². The minimum Gasteiger partial charge on any atom is -0.482 e. The average molecular weight is 391 g/mol. The highest BCUT2D eigenvalue weighted by Crippen LogP contribution is 2.22. The van der Waals surface area contributed by atoms with E-state index in [2.05, 4.69) is 14.7 Å². The third-order valence-electron chi connectivity index (χ3n) is 3.57. The van der Waals surface area contributed by atoms with Gasteiger partial charge in [-0.15, -0.1) is 13.2 Å². The van der Waals surface area contributed by atoms with Crippen LogP contribution >= 0.6 is 0 Å². The SMILES string of the molecule is O=C(c1coc(COc2ccc(OC(F)(F)F)nc2)n1)N1C[C@@H](O)[C@H](F)C1. The van der Waals surface area contributed by atoms with Crippen molar-refractivity contribution in [2.24, 2.45) is 0 Å². The molecule has 2 aromatic rings. The van der Waals surface area contributed by atoms with Gasteiger partial charge in [-0.1, -0.05) is 0 Å². The molecule has 0 bridgehead atoms. The van der Waals surface area contributed by atoms with Crippen molar-refractivity contribution >= 4 is 5.91 Å². The normalized spacial score (nSPS) is 20.0. The van der Waals surface area contributed by atoms with Crippen molar-refractivity contribution in [2.45, 2.75) is 25.2 Å². The summed E-state index contributed by atoms with van der Waals surface area (Å²) in [6, 6.07) is 2.18. The van der Waals surface area contributed by atoms with Gasteiger partial charge in [-0.25, -0.2) is 14.4 Å². The molecule has 3 rings (SSSR count). The Hall–Kier alpha value is -2.89. The molecule has 2 atom stereocenters. The van der Waals surface area contributed by atoms with Gasteiger partial charge < -0.3 is 23.9 Å². The topological polar surface area (TPSA) is 97.9 Å². The van der Waals surface area contributed by atoms with E-state index in [1.165, 1.54) is 6.07 Å². The fraction of sp³-hybridized carbons (Fsp3) is 0.400. The van der Waals surface area contributed by atoms with E-state index in [0.717, 1.165) is 23.4 Å². The molecular formula is C15H13F4N3O5. The van der Waals surface area contributed by atoms with Gasteiger partial charge in [-0.2, -0.15) is 0 Å². The molecule has 0 saturated carbocycles. The molecule has 27 heavy (non-hydrogen) atoms. The molecule has 1 amide bonds. The number of likely N-dealkylation sites (tertiary alicyclic amines) is 1. The maximum Gasteiger partial charge on any atom is 0.574 e. The summed E-state index contributed by atoms with van der Waals surface area (Å²) in [5, 5.41) is 9.35. The number of halogens is 4. The largest absolute Gasteiger partial charge is 0.574 e. The Morgan fingerprint density at radius 1 is 1.37 bits per heavy atom. The zero-order valence-corrected chi connectivity index (χ0v) is 13.5. The first-order chi connectivity index (χ1) is 12.7. The van der Waals surface area contributed by atoms with Crippen molar-refractivity contribution in [3.8, 4) is 11.6 Å². The first-order valence-corrected chi connectivity index (χ1v) is 7.61. The molecular weight excluding hydrogens is 378 g/mol. The Labute approximate surface area is 149 Å². The second-order valence-electron chi connectivity index (χ2n) is 5.59. The van der Waals surface area contributed by atoms with E-state index in [0.29, 0.717) is 0 Å². The highest BCUT2D eigenvalue weighted by Gasteiger charge is 2.35. The van der Waals surface area contributed by atoms with Crippen LogP contribution in [0, 0.1) is 0 Å². The van der Waals surface area contributed by atoms with Crippen molar-refractivity contribution < 1.29 is 41.4 Å². The Morgan fingerprint density at radius 2 is 2.15 bits per heavy atom. The number of nitrogens with zero attached hydrogens (tertiary/aromatic N) is 3. The number of carbonyl (C=O) groups is 1. The van der Waals surface area contributed by atoms with E-state index in [1.807, 2.05) is 0 Å². The molecule has 1 saturated heterocycles. The molecule has 1 N–H and O–H groups in total. The van der Waals surface area contributed by atoms with E-state index in [1.54, 1.807) is 0 Å². The number of pyridine rings is 1. The van der Waals surface area contributed by atoms with E-state index in [-0.39, 0.29) is 37.0 Å². The lowest BCUT2D eigenvalue weighted by molar-refractivity contribution is -0.276. The number of hydrogen-bond acceptors (Lipinski definition) is 7. The summed E-state index contributed by atoms with van der Waals surface area (Å²) in [5.41, 5.74) is -0.0815. The van der Waals surface area contributed by atoms with Gasteiger partial charge in [0.15, 0.2) is 12.3 Å². The molecule has 8 nitrogen and oxygen atoms in total. The Kier molecular flexibility index (Phi) is 5.17. The number of alkyl halides is 4. The van der Waals surface area contributed by atoms with E-state index in [4.69, 9.17) is 9.15 Å². The van der Waals surface area contributed by atoms with Crippen LogP contribution in [0.1, 0.15) is 16.4 Å². The lowest BCUT2D eigenvalue weighted by atomic mass is 10.3. The number of hydrogen-bond donors (Lipinski definition) is 1. The number of amides is 1. The molecule has 1 aliphatic rings. The predicted octanol–water partition coefficient (Wildman–Crippen LogP) is 1.70. The molecule has 2 aromatic heterocycles. The molecule has 0 spiro atoms. The summed E-state index contributed by atoms with van der Waals surface area (Å²) in [4.78, 5) is 20.6. The van der Waals surface area contributed by atoms with Crippen LogP contribution in [0.2, 0.25) is 0 Å². The minimum atomic E-state index is -4.84. The third-order valence-corrected chi connectivity index (χ3v) is 3.57. The Bertz CT molecular complexity index is 785. The smallest absolute Gasteiger partial charge is 0.482 e. The third kappa shape index (κ3) is 4.84. The van der Waals surface area contributed by atoms with Crippen LogP contribution in [0.3, 0.4) is 0 Å². The maximum atomic E-state index is 13.3. The van der Waals surface area contributed by atoms with Gasteiger partial charge in [0.2, 0.25) is 11.8 Å². The van der Waals surface area contributed by atoms with E-state index in [9.17, 15) is 27.5 Å².